The van der Waals surface area contributed by atoms with Crippen molar-refractivity contribution in [3.05, 3.63) is 69.3 Å². The first-order valence-electron chi connectivity index (χ1n) is 6.14. The lowest BCUT2D eigenvalue weighted by Crippen LogP contribution is -2.01. The summed E-state index contributed by atoms with van der Waals surface area (Å²) in [6.07, 6.45) is 5.34. The second kappa shape index (κ2) is 5.89. The van der Waals surface area contributed by atoms with Crippen LogP contribution in [0.5, 0.6) is 0 Å². The second-order valence-corrected chi connectivity index (χ2v) is 4.46. The molecule has 0 aliphatic heterocycles. The molecule has 4 heteroatoms. The lowest BCUT2D eigenvalue weighted by Gasteiger charge is -2.07. The van der Waals surface area contributed by atoms with Gasteiger partial charge in [-0.15, -0.1) is 6.42 Å². The fraction of sp³-hybridized carbons (Fsp3) is 0.125. The van der Waals surface area contributed by atoms with Gasteiger partial charge in [0.2, 0.25) is 0 Å². The summed E-state index contributed by atoms with van der Waals surface area (Å²) in [5, 5.41) is 14.1. The number of rotatable bonds is 4. The van der Waals surface area contributed by atoms with Crippen LogP contribution in [0.3, 0.4) is 0 Å². The number of anilines is 1. The first kappa shape index (κ1) is 13.6. The topological polar surface area (TPSA) is 55.2 Å². The van der Waals surface area contributed by atoms with E-state index in [4.69, 9.17) is 6.42 Å². The second-order valence-electron chi connectivity index (χ2n) is 4.46. The highest BCUT2D eigenvalue weighted by atomic mass is 16.6. The summed E-state index contributed by atoms with van der Waals surface area (Å²) in [4.78, 5) is 10.5. The molecule has 2 aromatic rings. The highest BCUT2D eigenvalue weighted by molar-refractivity contribution is 5.51. The van der Waals surface area contributed by atoms with Crippen LogP contribution in [-0.4, -0.2) is 4.92 Å². The third-order valence-corrected chi connectivity index (χ3v) is 3.00. The van der Waals surface area contributed by atoms with Gasteiger partial charge in [-0.1, -0.05) is 24.1 Å². The molecule has 20 heavy (non-hydrogen) atoms. The molecule has 2 rings (SSSR count). The molecule has 0 heterocycles. The molecule has 4 nitrogen and oxygen atoms in total. The summed E-state index contributed by atoms with van der Waals surface area (Å²) in [5.74, 6) is 2.57. The van der Waals surface area contributed by atoms with Crippen molar-refractivity contribution in [3.8, 4) is 12.3 Å². The maximum atomic E-state index is 10.9. The summed E-state index contributed by atoms with van der Waals surface area (Å²) < 4.78 is 0. The number of nitrogens with one attached hydrogen (secondary N) is 1. The molecule has 0 aliphatic rings. The van der Waals surface area contributed by atoms with Gasteiger partial charge in [-0.25, -0.2) is 0 Å². The van der Waals surface area contributed by atoms with E-state index < -0.39 is 0 Å². The summed E-state index contributed by atoms with van der Waals surface area (Å²) in [6, 6.07) is 12.7. The number of nitrogens with zero attached hydrogens (tertiary/aromatic N) is 1. The summed E-state index contributed by atoms with van der Waals surface area (Å²) in [7, 11) is 0. The van der Waals surface area contributed by atoms with Crippen LogP contribution >= 0.6 is 0 Å². The van der Waals surface area contributed by atoms with Gasteiger partial charge in [0.05, 0.1) is 4.92 Å². The van der Waals surface area contributed by atoms with Gasteiger partial charge < -0.3 is 5.32 Å². The number of nitro benzene ring substituents is 1. The molecular weight excluding hydrogens is 252 g/mol. The Hall–Kier alpha value is -2.80. The molecule has 0 fully saturated rings. The Morgan fingerprint density at radius 3 is 2.80 bits per heavy atom. The van der Waals surface area contributed by atoms with E-state index in [1.807, 2.05) is 30.3 Å². The predicted octanol–water partition coefficient (Wildman–Crippen LogP) is 3.50. The molecule has 0 radical (unpaired) electrons. The quantitative estimate of drug-likeness (QED) is 0.523. The van der Waals surface area contributed by atoms with Crippen molar-refractivity contribution in [3.63, 3.8) is 0 Å². The van der Waals surface area contributed by atoms with Crippen LogP contribution < -0.4 is 5.32 Å². The average molecular weight is 266 g/mol. The van der Waals surface area contributed by atoms with Crippen molar-refractivity contribution in [1.82, 2.24) is 0 Å². The Bertz CT molecular complexity index is 687. The zero-order valence-electron chi connectivity index (χ0n) is 11.1. The fourth-order valence-corrected chi connectivity index (χ4v) is 1.88. The SMILES string of the molecule is C#Cc1cccc(NCc2ccc(C)c([N+](=O)[O-])c2)c1. The Labute approximate surface area is 117 Å². The van der Waals surface area contributed by atoms with Gasteiger partial charge in [0, 0.05) is 29.4 Å². The molecule has 0 saturated carbocycles. The van der Waals surface area contributed by atoms with Crippen molar-refractivity contribution in [2.75, 3.05) is 5.32 Å². The van der Waals surface area contributed by atoms with Crippen LogP contribution in [0.15, 0.2) is 42.5 Å². The smallest absolute Gasteiger partial charge is 0.272 e. The molecule has 0 unspecified atom stereocenters. The summed E-state index contributed by atoms with van der Waals surface area (Å²) in [6.45, 7) is 2.24. The third-order valence-electron chi connectivity index (χ3n) is 3.00. The Morgan fingerprint density at radius 2 is 2.10 bits per heavy atom. The monoisotopic (exact) mass is 266 g/mol. The first-order valence-corrected chi connectivity index (χ1v) is 6.14. The van der Waals surface area contributed by atoms with Crippen molar-refractivity contribution >= 4 is 11.4 Å². The van der Waals surface area contributed by atoms with E-state index in [0.717, 1.165) is 16.8 Å². The molecule has 0 aromatic heterocycles. The number of aryl methyl sites for hydroxylation is 1. The van der Waals surface area contributed by atoms with E-state index in [1.165, 1.54) is 0 Å². The minimum Gasteiger partial charge on any atom is -0.381 e. The first-order chi connectivity index (χ1) is 9.60. The summed E-state index contributed by atoms with van der Waals surface area (Å²) >= 11 is 0. The molecule has 0 amide bonds. The molecule has 2 aromatic carbocycles. The normalized spacial score (nSPS) is 9.80. The van der Waals surface area contributed by atoms with Gasteiger partial charge >= 0.3 is 0 Å². The molecule has 0 saturated heterocycles. The highest BCUT2D eigenvalue weighted by Crippen LogP contribution is 2.20. The lowest BCUT2D eigenvalue weighted by molar-refractivity contribution is -0.385. The van der Waals surface area contributed by atoms with Gasteiger partial charge in [0.25, 0.3) is 5.69 Å². The minimum absolute atomic E-state index is 0.140. The number of terminal acetylenes is 1. The molecule has 1 N–H and O–H groups in total. The van der Waals surface area contributed by atoms with E-state index in [-0.39, 0.29) is 10.6 Å². The van der Waals surface area contributed by atoms with E-state index >= 15 is 0 Å². The highest BCUT2D eigenvalue weighted by Gasteiger charge is 2.10. The lowest BCUT2D eigenvalue weighted by atomic mass is 10.1. The van der Waals surface area contributed by atoms with Crippen molar-refractivity contribution < 1.29 is 4.92 Å². The molecular formula is C16H14N2O2. The molecule has 0 aliphatic carbocycles. The van der Waals surface area contributed by atoms with Crippen LogP contribution in [0, 0.1) is 29.4 Å². The van der Waals surface area contributed by atoms with E-state index in [0.29, 0.717) is 12.1 Å². The van der Waals surface area contributed by atoms with Gasteiger partial charge in [-0.3, -0.25) is 10.1 Å². The van der Waals surface area contributed by atoms with Crippen molar-refractivity contribution in [2.24, 2.45) is 0 Å². The van der Waals surface area contributed by atoms with E-state index in [2.05, 4.69) is 11.2 Å². The van der Waals surface area contributed by atoms with Crippen molar-refractivity contribution in [2.45, 2.75) is 13.5 Å². The predicted molar refractivity (Wildman–Crippen MR) is 79.5 cm³/mol. The number of benzene rings is 2. The van der Waals surface area contributed by atoms with Crippen LogP contribution in [-0.2, 0) is 6.54 Å². The van der Waals surface area contributed by atoms with E-state index in [1.54, 1.807) is 19.1 Å². The van der Waals surface area contributed by atoms with Crippen LogP contribution in [0.25, 0.3) is 0 Å². The number of hydrogen-bond donors (Lipinski definition) is 1. The van der Waals surface area contributed by atoms with Gasteiger partial charge in [-0.2, -0.15) is 0 Å². The third kappa shape index (κ3) is 3.15. The Balaban J connectivity index is 2.13. The van der Waals surface area contributed by atoms with Crippen molar-refractivity contribution in [1.29, 1.82) is 0 Å². The number of hydrogen-bond acceptors (Lipinski definition) is 3. The molecule has 0 spiro atoms. The van der Waals surface area contributed by atoms with Crippen LogP contribution in [0.2, 0.25) is 0 Å². The zero-order valence-corrected chi connectivity index (χ0v) is 11.1. The largest absolute Gasteiger partial charge is 0.381 e. The minimum atomic E-state index is -0.363. The standard InChI is InChI=1S/C16H14N2O2/c1-3-13-5-4-6-15(9-13)17-11-14-8-7-12(2)16(10-14)18(19)20/h1,4-10,17H,11H2,2H3. The van der Waals surface area contributed by atoms with Crippen LogP contribution in [0.4, 0.5) is 11.4 Å². The van der Waals surface area contributed by atoms with Gasteiger partial charge in [0.1, 0.15) is 0 Å². The fourth-order valence-electron chi connectivity index (χ4n) is 1.88. The maximum Gasteiger partial charge on any atom is 0.272 e. The Kier molecular flexibility index (Phi) is 4.02. The summed E-state index contributed by atoms with van der Waals surface area (Å²) in [5.41, 5.74) is 3.34. The zero-order chi connectivity index (χ0) is 14.5. The average Bonchev–Trinajstić information content (AvgIpc) is 2.46. The van der Waals surface area contributed by atoms with Gasteiger partial charge in [-0.05, 0) is 30.7 Å². The Morgan fingerprint density at radius 1 is 1.30 bits per heavy atom. The number of nitro groups is 1. The van der Waals surface area contributed by atoms with Crippen LogP contribution in [0.1, 0.15) is 16.7 Å². The van der Waals surface area contributed by atoms with Gasteiger partial charge in [0.15, 0.2) is 0 Å². The molecule has 0 atom stereocenters. The maximum absolute atomic E-state index is 10.9. The van der Waals surface area contributed by atoms with E-state index in [9.17, 15) is 10.1 Å². The molecule has 0 bridgehead atoms. The molecule has 100 valence electrons.